The molecule has 8 aliphatic carbocycles. The van der Waals surface area contributed by atoms with Gasteiger partial charge in [0.05, 0.1) is 10.8 Å². The summed E-state index contributed by atoms with van der Waals surface area (Å²) in [6, 6.07) is 0. The van der Waals surface area contributed by atoms with Crippen molar-refractivity contribution in [3.8, 4) is 0 Å². The molecule has 0 aromatic rings. The molecule has 10 nitrogen and oxygen atoms in total. The van der Waals surface area contributed by atoms with E-state index in [1.54, 1.807) is 0 Å². The standard InChI is InChI=1S/C26H32F2O10S/c27-26(28,39(33,34)35)13-37-22(32)24-6-15-1-16(7-24)5-23(4-15,12-24)21(31)36-11-19(29)38-25-8-14-2-17(9-25)20(30)18(3-14)10-25/h14-18H,1-13H2,(H,33,34,35). The Morgan fingerprint density at radius 2 is 1.38 bits per heavy atom. The monoisotopic (exact) mass is 574 g/mol. The van der Waals surface area contributed by atoms with Crippen LogP contribution in [0.5, 0.6) is 0 Å². The van der Waals surface area contributed by atoms with Gasteiger partial charge < -0.3 is 14.2 Å². The van der Waals surface area contributed by atoms with Gasteiger partial charge in [0.25, 0.3) is 0 Å². The quantitative estimate of drug-likeness (QED) is 0.260. The maximum Gasteiger partial charge on any atom is 0.402 e. The molecule has 8 fully saturated rings. The highest BCUT2D eigenvalue weighted by Gasteiger charge is 2.65. The first-order valence-corrected chi connectivity index (χ1v) is 15.0. The lowest BCUT2D eigenvalue weighted by Gasteiger charge is -2.59. The van der Waals surface area contributed by atoms with Crippen LogP contribution in [0.1, 0.15) is 70.6 Å². The summed E-state index contributed by atoms with van der Waals surface area (Å²) in [5.74, 6) is -1.98. The number of hydrogen-bond donors (Lipinski definition) is 1. The first kappa shape index (κ1) is 27.0. The number of ether oxygens (including phenoxy) is 3. The Kier molecular flexibility index (Phi) is 6.01. The van der Waals surface area contributed by atoms with Crippen molar-refractivity contribution in [3.63, 3.8) is 0 Å². The van der Waals surface area contributed by atoms with Crippen molar-refractivity contribution >= 4 is 33.8 Å². The van der Waals surface area contributed by atoms with E-state index >= 15 is 0 Å². The van der Waals surface area contributed by atoms with Crippen LogP contribution in [0.4, 0.5) is 8.78 Å². The van der Waals surface area contributed by atoms with Gasteiger partial charge in [0.15, 0.2) is 13.2 Å². The number of halogens is 2. The van der Waals surface area contributed by atoms with Crippen LogP contribution in [-0.2, 0) is 43.5 Å². The van der Waals surface area contributed by atoms with Crippen LogP contribution in [0.25, 0.3) is 0 Å². The topological polar surface area (TPSA) is 150 Å². The van der Waals surface area contributed by atoms with E-state index in [1.807, 2.05) is 0 Å². The van der Waals surface area contributed by atoms with Crippen LogP contribution >= 0.6 is 0 Å². The number of alkyl halides is 2. The average molecular weight is 575 g/mol. The van der Waals surface area contributed by atoms with Crippen LogP contribution in [0, 0.1) is 40.4 Å². The summed E-state index contributed by atoms with van der Waals surface area (Å²) >= 11 is 0. The fourth-order valence-corrected chi connectivity index (χ4v) is 9.67. The van der Waals surface area contributed by atoms with Gasteiger partial charge in [-0.1, -0.05) is 0 Å². The predicted molar refractivity (Wildman–Crippen MR) is 125 cm³/mol. The molecule has 13 heteroatoms. The van der Waals surface area contributed by atoms with Crippen LogP contribution in [0.15, 0.2) is 0 Å². The molecule has 8 saturated carbocycles. The molecule has 8 rings (SSSR count). The van der Waals surface area contributed by atoms with Gasteiger partial charge in [-0.25, -0.2) is 4.79 Å². The molecular formula is C26H32F2O10S. The highest BCUT2D eigenvalue weighted by Crippen LogP contribution is 2.66. The summed E-state index contributed by atoms with van der Waals surface area (Å²) < 4.78 is 73.8. The Bertz CT molecular complexity index is 1200. The zero-order valence-electron chi connectivity index (χ0n) is 21.4. The van der Waals surface area contributed by atoms with Crippen LogP contribution in [0.3, 0.4) is 0 Å². The summed E-state index contributed by atoms with van der Waals surface area (Å²) in [4.78, 5) is 51.5. The summed E-state index contributed by atoms with van der Waals surface area (Å²) in [5.41, 5.74) is -3.01. The van der Waals surface area contributed by atoms with Crippen molar-refractivity contribution in [3.05, 3.63) is 0 Å². The number of hydrogen-bond acceptors (Lipinski definition) is 9. The minimum Gasteiger partial charge on any atom is -0.458 e. The molecule has 0 heterocycles. The molecule has 0 aliphatic heterocycles. The molecule has 0 spiro atoms. The van der Waals surface area contributed by atoms with E-state index in [1.165, 1.54) is 0 Å². The molecular weight excluding hydrogens is 542 g/mol. The van der Waals surface area contributed by atoms with Crippen molar-refractivity contribution in [1.29, 1.82) is 0 Å². The third-order valence-electron chi connectivity index (χ3n) is 10.3. The summed E-state index contributed by atoms with van der Waals surface area (Å²) in [6.45, 7) is -2.41. The largest absolute Gasteiger partial charge is 0.458 e. The van der Waals surface area contributed by atoms with Gasteiger partial charge in [-0.05, 0) is 88.4 Å². The Hall–Kier alpha value is -2.15. The van der Waals surface area contributed by atoms with Crippen molar-refractivity contribution in [2.45, 2.75) is 81.5 Å². The molecule has 1 N–H and O–H groups in total. The highest BCUT2D eigenvalue weighted by atomic mass is 32.2. The fraction of sp³-hybridized carbons (Fsp3) is 0.846. The smallest absolute Gasteiger partial charge is 0.402 e. The molecule has 0 aromatic heterocycles. The van der Waals surface area contributed by atoms with Crippen LogP contribution < -0.4 is 0 Å². The third-order valence-corrected chi connectivity index (χ3v) is 11.1. The molecule has 0 saturated heterocycles. The van der Waals surface area contributed by atoms with Gasteiger partial charge in [0.2, 0.25) is 0 Å². The second kappa shape index (κ2) is 8.67. The molecule has 8 bridgehead atoms. The fourth-order valence-electron chi connectivity index (χ4n) is 9.47. The molecule has 4 atom stereocenters. The lowest BCUT2D eigenvalue weighted by atomic mass is 9.44. The first-order valence-electron chi connectivity index (χ1n) is 13.6. The number of esters is 3. The van der Waals surface area contributed by atoms with Gasteiger partial charge >= 0.3 is 33.3 Å². The number of Topliss-reactive ketones (excluding diaryl/α,β-unsaturated/α-hetero) is 1. The maximum atomic E-state index is 13.7. The number of carbonyl (C=O) groups excluding carboxylic acids is 4. The lowest BCUT2D eigenvalue weighted by molar-refractivity contribution is -0.203. The third kappa shape index (κ3) is 4.47. The van der Waals surface area contributed by atoms with Gasteiger partial charge in [-0.15, -0.1) is 0 Å². The minimum atomic E-state index is -5.76. The molecule has 0 aromatic carbocycles. The SMILES string of the molecule is O=C(COC(=O)C12CC3CC(C1)CC(C(=O)OCC(F)(F)S(=O)(=O)O)(C3)C2)OC12CC3CC(C1)C(=O)C(C3)C2. The first-order chi connectivity index (χ1) is 18.1. The normalized spacial score (nSPS) is 41.9. The number of rotatable bonds is 8. The van der Waals surface area contributed by atoms with E-state index in [0.29, 0.717) is 50.9 Å². The van der Waals surface area contributed by atoms with E-state index in [-0.39, 0.29) is 35.9 Å². The Morgan fingerprint density at radius 1 is 0.846 bits per heavy atom. The van der Waals surface area contributed by atoms with Crippen molar-refractivity contribution in [2.75, 3.05) is 13.2 Å². The second-order valence-corrected chi connectivity index (χ2v) is 14.7. The van der Waals surface area contributed by atoms with Gasteiger partial charge in [-0.3, -0.25) is 18.9 Å². The van der Waals surface area contributed by atoms with Gasteiger partial charge in [0, 0.05) is 11.8 Å². The molecule has 0 radical (unpaired) electrons. The van der Waals surface area contributed by atoms with Crippen LogP contribution in [-0.4, -0.2) is 60.7 Å². The Labute approximate surface area is 224 Å². The zero-order valence-corrected chi connectivity index (χ0v) is 22.2. The van der Waals surface area contributed by atoms with E-state index in [4.69, 9.17) is 18.8 Å². The molecule has 0 amide bonds. The van der Waals surface area contributed by atoms with E-state index in [9.17, 15) is 36.4 Å². The van der Waals surface area contributed by atoms with Crippen LogP contribution in [0.2, 0.25) is 0 Å². The molecule has 39 heavy (non-hydrogen) atoms. The van der Waals surface area contributed by atoms with E-state index < -0.39 is 62.9 Å². The lowest BCUT2D eigenvalue weighted by Crippen LogP contribution is -2.58. The Morgan fingerprint density at radius 3 is 1.92 bits per heavy atom. The van der Waals surface area contributed by atoms with Gasteiger partial charge in [0.1, 0.15) is 11.4 Å². The Balaban J connectivity index is 1.09. The zero-order chi connectivity index (χ0) is 28.0. The number of carbonyl (C=O) groups is 4. The van der Waals surface area contributed by atoms with Crippen molar-refractivity contribution < 1.29 is 55.1 Å². The summed E-state index contributed by atoms with van der Waals surface area (Å²) in [7, 11) is -5.76. The minimum absolute atomic E-state index is 0.00570. The molecule has 8 aliphatic rings. The molecule has 216 valence electrons. The second-order valence-electron chi connectivity index (χ2n) is 13.2. The van der Waals surface area contributed by atoms with E-state index in [0.717, 1.165) is 19.3 Å². The van der Waals surface area contributed by atoms with E-state index in [2.05, 4.69) is 0 Å². The van der Waals surface area contributed by atoms with Gasteiger partial charge in [-0.2, -0.15) is 17.2 Å². The van der Waals surface area contributed by atoms with Crippen molar-refractivity contribution in [2.24, 2.45) is 40.4 Å². The summed E-state index contributed by atoms with van der Waals surface area (Å²) in [5, 5.41) is -4.65. The number of ketones is 1. The van der Waals surface area contributed by atoms with Crippen molar-refractivity contribution in [1.82, 2.24) is 0 Å². The maximum absolute atomic E-state index is 13.7. The molecule has 4 unspecified atom stereocenters. The predicted octanol–water partition coefficient (Wildman–Crippen LogP) is 2.83. The average Bonchev–Trinajstić information content (AvgIpc) is 2.82. The summed E-state index contributed by atoms with van der Waals surface area (Å²) in [6.07, 6.45) is 5.67. The highest BCUT2D eigenvalue weighted by molar-refractivity contribution is 7.86.